The van der Waals surface area contributed by atoms with Crippen LogP contribution in [0.3, 0.4) is 0 Å². The van der Waals surface area contributed by atoms with Gasteiger partial charge in [-0.2, -0.15) is 0 Å². The quantitative estimate of drug-likeness (QED) is 0.510. The average molecular weight is 244 g/mol. The van der Waals surface area contributed by atoms with E-state index in [9.17, 15) is 0 Å². The molecule has 0 aliphatic carbocycles. The normalized spacial score (nSPS) is 12.8. The molecule has 0 saturated carbocycles. The molecule has 18 heavy (non-hydrogen) atoms. The number of allylic oxidation sites excluding steroid dienone is 3. The minimum Gasteiger partial charge on any atom is -0.488 e. The Morgan fingerprint density at radius 3 is 2.61 bits per heavy atom. The fourth-order valence-corrected chi connectivity index (χ4v) is 1.45. The first-order valence-electron chi connectivity index (χ1n) is 5.99. The molecule has 0 fully saturated rings. The summed E-state index contributed by atoms with van der Waals surface area (Å²) >= 11 is 0. The van der Waals surface area contributed by atoms with Crippen LogP contribution in [-0.2, 0) is 16.1 Å². The first-order chi connectivity index (χ1) is 8.76. The summed E-state index contributed by atoms with van der Waals surface area (Å²) in [4.78, 5) is 0. The molecule has 1 atom stereocenters. The molecule has 0 aliphatic rings. The third-order valence-corrected chi connectivity index (χ3v) is 2.28. The van der Waals surface area contributed by atoms with Crippen molar-refractivity contribution in [3.8, 4) is 0 Å². The van der Waals surface area contributed by atoms with Crippen molar-refractivity contribution < 1.29 is 9.47 Å². The lowest BCUT2D eigenvalue weighted by atomic mass is 10.2. The Labute approximate surface area is 109 Å². The van der Waals surface area contributed by atoms with Crippen LogP contribution in [0, 0.1) is 0 Å². The second-order valence-electron chi connectivity index (χ2n) is 3.94. The Bertz CT molecular complexity index is 393. The molecule has 0 heterocycles. The molecule has 2 nitrogen and oxygen atoms in total. The molecule has 1 unspecified atom stereocenters. The van der Waals surface area contributed by atoms with E-state index in [-0.39, 0.29) is 6.10 Å². The Hall–Kier alpha value is -1.80. The highest BCUT2D eigenvalue weighted by Crippen LogP contribution is 2.06. The lowest BCUT2D eigenvalue weighted by molar-refractivity contribution is 0.0217. The van der Waals surface area contributed by atoms with E-state index in [1.807, 2.05) is 37.3 Å². The van der Waals surface area contributed by atoms with E-state index in [1.165, 1.54) is 0 Å². The van der Waals surface area contributed by atoms with Crippen molar-refractivity contribution in [3.63, 3.8) is 0 Å². The van der Waals surface area contributed by atoms with Crippen molar-refractivity contribution >= 4 is 0 Å². The van der Waals surface area contributed by atoms with E-state index >= 15 is 0 Å². The predicted octanol–water partition coefficient (Wildman–Crippen LogP) is 3.86. The zero-order chi connectivity index (χ0) is 13.2. The van der Waals surface area contributed by atoms with Crippen molar-refractivity contribution in [1.82, 2.24) is 0 Å². The molecule has 0 N–H and O–H groups in total. The maximum absolute atomic E-state index is 5.62. The topological polar surface area (TPSA) is 18.5 Å². The highest BCUT2D eigenvalue weighted by Gasteiger charge is 2.04. The number of hydrogen-bond acceptors (Lipinski definition) is 2. The van der Waals surface area contributed by atoms with E-state index in [2.05, 4.69) is 13.2 Å². The molecule has 1 aromatic rings. The highest BCUT2D eigenvalue weighted by atomic mass is 16.5. The van der Waals surface area contributed by atoms with Gasteiger partial charge in [0.1, 0.15) is 11.9 Å². The molecule has 0 saturated heterocycles. The van der Waals surface area contributed by atoms with Crippen LogP contribution in [0.25, 0.3) is 0 Å². The fraction of sp³-hybridized carbons (Fsp3) is 0.250. The van der Waals surface area contributed by atoms with Gasteiger partial charge in [-0.1, -0.05) is 49.6 Å². The average Bonchev–Trinajstić information content (AvgIpc) is 2.39. The molecule has 0 bridgehead atoms. The number of ether oxygens (including phenoxy) is 2. The maximum atomic E-state index is 5.62. The van der Waals surface area contributed by atoms with Crippen molar-refractivity contribution in [2.45, 2.75) is 19.6 Å². The molecule has 0 spiro atoms. The van der Waals surface area contributed by atoms with Crippen LogP contribution < -0.4 is 0 Å². The van der Waals surface area contributed by atoms with Gasteiger partial charge in [-0.15, -0.1) is 0 Å². The van der Waals surface area contributed by atoms with Crippen LogP contribution in [0.1, 0.15) is 12.5 Å². The molecule has 96 valence electrons. The van der Waals surface area contributed by atoms with Crippen LogP contribution in [0.5, 0.6) is 0 Å². The molecule has 0 radical (unpaired) electrons. The highest BCUT2D eigenvalue weighted by molar-refractivity contribution is 5.15. The summed E-state index contributed by atoms with van der Waals surface area (Å²) in [5.41, 5.74) is 1.16. The largest absolute Gasteiger partial charge is 0.488 e. The lowest BCUT2D eigenvalue weighted by Gasteiger charge is -2.15. The Balaban J connectivity index is 2.29. The second kappa shape index (κ2) is 8.31. The van der Waals surface area contributed by atoms with Gasteiger partial charge in [-0.3, -0.25) is 0 Å². The molecule has 0 aliphatic heterocycles. The van der Waals surface area contributed by atoms with Gasteiger partial charge in [0.15, 0.2) is 0 Å². The molecule has 2 heteroatoms. The maximum Gasteiger partial charge on any atom is 0.119 e. The van der Waals surface area contributed by atoms with Crippen LogP contribution in [0.4, 0.5) is 0 Å². The number of hydrogen-bond donors (Lipinski definition) is 0. The van der Waals surface area contributed by atoms with Gasteiger partial charge in [0.2, 0.25) is 0 Å². The Morgan fingerprint density at radius 1 is 1.28 bits per heavy atom. The third-order valence-electron chi connectivity index (χ3n) is 2.28. The molecule has 1 rings (SSSR count). The first kappa shape index (κ1) is 14.3. The zero-order valence-corrected chi connectivity index (χ0v) is 10.8. The van der Waals surface area contributed by atoms with Crippen LogP contribution in [0.2, 0.25) is 0 Å². The van der Waals surface area contributed by atoms with Gasteiger partial charge in [0.25, 0.3) is 0 Å². The second-order valence-corrected chi connectivity index (χ2v) is 3.94. The van der Waals surface area contributed by atoms with Crippen LogP contribution >= 0.6 is 0 Å². The summed E-state index contributed by atoms with van der Waals surface area (Å²) in [6, 6.07) is 10.1. The van der Waals surface area contributed by atoms with E-state index < -0.39 is 0 Å². The van der Waals surface area contributed by atoms with Gasteiger partial charge >= 0.3 is 0 Å². The number of benzene rings is 1. The summed E-state index contributed by atoms with van der Waals surface area (Å²) in [6.07, 6.45) is 5.10. The molecular weight excluding hydrogens is 224 g/mol. The van der Waals surface area contributed by atoms with Crippen molar-refractivity contribution in [3.05, 3.63) is 73.0 Å². The third kappa shape index (κ3) is 5.51. The molecule has 0 aromatic heterocycles. The van der Waals surface area contributed by atoms with E-state index in [4.69, 9.17) is 9.47 Å². The van der Waals surface area contributed by atoms with Gasteiger partial charge < -0.3 is 9.47 Å². The monoisotopic (exact) mass is 244 g/mol. The molecular formula is C16H20O2. The standard InChI is InChI=1S/C16H20O2/c1-4-9-16(5-2)18-14(3)12-17-13-15-10-7-6-8-11-15/h4-11,14H,1-2,12-13H2,3H3/b16-9+. The molecule has 0 amide bonds. The predicted molar refractivity (Wildman–Crippen MR) is 75.1 cm³/mol. The Kier molecular flexibility index (Phi) is 6.59. The van der Waals surface area contributed by atoms with Crippen LogP contribution in [0.15, 0.2) is 67.5 Å². The minimum absolute atomic E-state index is 0.0158. The van der Waals surface area contributed by atoms with Gasteiger partial charge in [0, 0.05) is 0 Å². The van der Waals surface area contributed by atoms with E-state index in [0.29, 0.717) is 19.0 Å². The van der Waals surface area contributed by atoms with Crippen molar-refractivity contribution in [2.75, 3.05) is 6.61 Å². The van der Waals surface area contributed by atoms with Crippen molar-refractivity contribution in [2.24, 2.45) is 0 Å². The minimum atomic E-state index is -0.0158. The van der Waals surface area contributed by atoms with Gasteiger partial charge in [-0.25, -0.2) is 0 Å². The molecule has 1 aromatic carbocycles. The summed E-state index contributed by atoms with van der Waals surface area (Å²) in [7, 11) is 0. The first-order valence-corrected chi connectivity index (χ1v) is 5.99. The summed E-state index contributed by atoms with van der Waals surface area (Å²) in [5.74, 6) is 0.709. The smallest absolute Gasteiger partial charge is 0.119 e. The fourth-order valence-electron chi connectivity index (χ4n) is 1.45. The van der Waals surface area contributed by atoms with E-state index in [1.54, 1.807) is 18.2 Å². The summed E-state index contributed by atoms with van der Waals surface area (Å²) < 4.78 is 11.2. The van der Waals surface area contributed by atoms with Crippen LogP contribution in [-0.4, -0.2) is 12.7 Å². The van der Waals surface area contributed by atoms with Crippen molar-refractivity contribution in [1.29, 1.82) is 0 Å². The number of rotatable bonds is 8. The van der Waals surface area contributed by atoms with Gasteiger partial charge in [-0.05, 0) is 24.6 Å². The Morgan fingerprint density at radius 2 is 2.00 bits per heavy atom. The summed E-state index contributed by atoms with van der Waals surface area (Å²) in [5, 5.41) is 0. The van der Waals surface area contributed by atoms with Gasteiger partial charge in [0.05, 0.1) is 13.2 Å². The SMILES string of the molecule is C=C/C=C(\C=C)OC(C)COCc1ccccc1. The lowest BCUT2D eigenvalue weighted by Crippen LogP contribution is -2.15. The summed E-state index contributed by atoms with van der Waals surface area (Å²) in [6.45, 7) is 10.4. The zero-order valence-electron chi connectivity index (χ0n) is 10.8. The van der Waals surface area contributed by atoms with E-state index in [0.717, 1.165) is 5.56 Å².